The van der Waals surface area contributed by atoms with E-state index >= 15 is 0 Å². The van der Waals surface area contributed by atoms with Crippen LogP contribution in [0.5, 0.6) is 5.88 Å². The SMILES string of the molecule is CCCCCCCCOc1nnccc1C(=N)N. The lowest BCUT2D eigenvalue weighted by Crippen LogP contribution is -2.14. The zero-order valence-corrected chi connectivity index (χ0v) is 11.0. The average molecular weight is 250 g/mol. The van der Waals surface area contributed by atoms with Crippen LogP contribution in [0.2, 0.25) is 0 Å². The molecule has 0 aliphatic rings. The van der Waals surface area contributed by atoms with Gasteiger partial charge in [0.1, 0.15) is 5.84 Å². The zero-order valence-electron chi connectivity index (χ0n) is 11.0. The number of nitrogens with one attached hydrogen (secondary N) is 1. The van der Waals surface area contributed by atoms with Crippen molar-refractivity contribution in [2.75, 3.05) is 6.61 Å². The first-order valence-corrected chi connectivity index (χ1v) is 6.54. The summed E-state index contributed by atoms with van der Waals surface area (Å²) in [7, 11) is 0. The molecular weight excluding hydrogens is 228 g/mol. The van der Waals surface area contributed by atoms with E-state index in [2.05, 4.69) is 17.1 Å². The Balaban J connectivity index is 2.25. The highest BCUT2D eigenvalue weighted by Crippen LogP contribution is 2.13. The van der Waals surface area contributed by atoms with E-state index in [0.29, 0.717) is 18.1 Å². The Morgan fingerprint density at radius 1 is 1.28 bits per heavy atom. The second-order valence-electron chi connectivity index (χ2n) is 4.28. The molecule has 18 heavy (non-hydrogen) atoms. The van der Waals surface area contributed by atoms with E-state index in [0.717, 1.165) is 12.8 Å². The number of aromatic nitrogens is 2. The quantitative estimate of drug-likeness (QED) is 0.400. The van der Waals surface area contributed by atoms with Crippen molar-refractivity contribution in [2.24, 2.45) is 5.73 Å². The average Bonchev–Trinajstić information content (AvgIpc) is 2.38. The second-order valence-corrected chi connectivity index (χ2v) is 4.28. The standard InChI is InChI=1S/C13H22N4O/c1-2-3-4-5-6-7-10-18-13-11(12(14)15)8-9-16-17-13/h8-9H,2-7,10H2,1H3,(H3,14,15). The molecule has 0 amide bonds. The molecule has 100 valence electrons. The molecule has 0 atom stereocenters. The lowest BCUT2D eigenvalue weighted by Gasteiger charge is -2.08. The number of unbranched alkanes of at least 4 members (excludes halogenated alkanes) is 5. The van der Waals surface area contributed by atoms with Crippen molar-refractivity contribution in [1.82, 2.24) is 10.2 Å². The summed E-state index contributed by atoms with van der Waals surface area (Å²) in [5, 5.41) is 15.0. The van der Waals surface area contributed by atoms with Crippen LogP contribution in [0.25, 0.3) is 0 Å². The first-order valence-electron chi connectivity index (χ1n) is 6.54. The molecule has 0 radical (unpaired) electrons. The Hall–Kier alpha value is -1.65. The minimum absolute atomic E-state index is 0.0390. The number of nitrogens with zero attached hydrogens (tertiary/aromatic N) is 2. The summed E-state index contributed by atoms with van der Waals surface area (Å²) in [5.74, 6) is 0.321. The van der Waals surface area contributed by atoms with E-state index in [1.807, 2.05) is 0 Å². The van der Waals surface area contributed by atoms with Gasteiger partial charge in [-0.05, 0) is 12.5 Å². The minimum Gasteiger partial charge on any atom is -0.476 e. The molecule has 0 aromatic carbocycles. The third-order valence-electron chi connectivity index (χ3n) is 2.71. The molecule has 5 nitrogen and oxygen atoms in total. The molecule has 0 unspecified atom stereocenters. The lowest BCUT2D eigenvalue weighted by atomic mass is 10.1. The fraction of sp³-hybridized carbons (Fsp3) is 0.615. The third-order valence-corrected chi connectivity index (χ3v) is 2.71. The number of amidine groups is 1. The van der Waals surface area contributed by atoms with E-state index < -0.39 is 0 Å². The van der Waals surface area contributed by atoms with Gasteiger partial charge in [0, 0.05) is 0 Å². The van der Waals surface area contributed by atoms with Crippen LogP contribution in [0.1, 0.15) is 51.0 Å². The molecule has 0 saturated carbocycles. The number of ether oxygens (including phenoxy) is 1. The van der Waals surface area contributed by atoms with E-state index in [1.165, 1.54) is 31.9 Å². The van der Waals surface area contributed by atoms with Crippen molar-refractivity contribution >= 4 is 5.84 Å². The Kier molecular flexibility index (Phi) is 6.76. The van der Waals surface area contributed by atoms with Gasteiger partial charge in [-0.2, -0.15) is 5.10 Å². The van der Waals surface area contributed by atoms with Gasteiger partial charge in [-0.25, -0.2) is 0 Å². The summed E-state index contributed by atoms with van der Waals surface area (Å²) in [6, 6.07) is 1.64. The minimum atomic E-state index is -0.0390. The molecule has 0 spiro atoms. The second kappa shape index (κ2) is 8.44. The number of nitrogen functional groups attached to an aromatic ring is 1. The van der Waals surface area contributed by atoms with Gasteiger partial charge in [-0.15, -0.1) is 5.10 Å². The molecule has 0 saturated heterocycles. The maximum atomic E-state index is 7.40. The summed E-state index contributed by atoms with van der Waals surface area (Å²) in [6.07, 6.45) is 8.77. The first kappa shape index (κ1) is 14.4. The van der Waals surface area contributed by atoms with Gasteiger partial charge in [0.25, 0.3) is 0 Å². The molecule has 5 heteroatoms. The molecule has 0 aliphatic carbocycles. The normalized spacial score (nSPS) is 10.3. The van der Waals surface area contributed by atoms with E-state index in [-0.39, 0.29) is 5.84 Å². The highest BCUT2D eigenvalue weighted by molar-refractivity contribution is 5.96. The molecule has 1 rings (SSSR count). The van der Waals surface area contributed by atoms with Crippen LogP contribution < -0.4 is 10.5 Å². The van der Waals surface area contributed by atoms with Gasteiger partial charge in [0.2, 0.25) is 5.88 Å². The first-order chi connectivity index (χ1) is 8.75. The van der Waals surface area contributed by atoms with Crippen LogP contribution >= 0.6 is 0 Å². The summed E-state index contributed by atoms with van der Waals surface area (Å²) in [6.45, 7) is 2.81. The van der Waals surface area contributed by atoms with E-state index in [1.54, 1.807) is 6.07 Å². The lowest BCUT2D eigenvalue weighted by molar-refractivity contribution is 0.289. The van der Waals surface area contributed by atoms with Crippen molar-refractivity contribution < 1.29 is 4.74 Å². The Bertz CT molecular complexity index is 368. The van der Waals surface area contributed by atoms with Crippen LogP contribution in [0.4, 0.5) is 0 Å². The maximum Gasteiger partial charge on any atom is 0.244 e. The molecule has 0 aliphatic heterocycles. The van der Waals surface area contributed by atoms with Crippen LogP contribution in [0.15, 0.2) is 12.3 Å². The van der Waals surface area contributed by atoms with E-state index in [9.17, 15) is 0 Å². The van der Waals surface area contributed by atoms with Crippen LogP contribution in [-0.2, 0) is 0 Å². The van der Waals surface area contributed by atoms with Crippen molar-refractivity contribution in [3.05, 3.63) is 17.8 Å². The number of hydrogen-bond acceptors (Lipinski definition) is 4. The summed E-state index contributed by atoms with van der Waals surface area (Å²) in [5.41, 5.74) is 5.95. The molecule has 1 heterocycles. The van der Waals surface area contributed by atoms with Crippen molar-refractivity contribution in [1.29, 1.82) is 5.41 Å². The monoisotopic (exact) mass is 250 g/mol. The highest BCUT2D eigenvalue weighted by Gasteiger charge is 2.07. The van der Waals surface area contributed by atoms with Crippen LogP contribution in [0, 0.1) is 5.41 Å². The highest BCUT2D eigenvalue weighted by atomic mass is 16.5. The third kappa shape index (κ3) is 5.12. The number of hydrogen-bond donors (Lipinski definition) is 2. The summed E-state index contributed by atoms with van der Waals surface area (Å²) < 4.78 is 5.51. The Labute approximate surface area is 108 Å². The number of rotatable bonds is 9. The van der Waals surface area contributed by atoms with Gasteiger partial charge in [0.05, 0.1) is 18.4 Å². The molecule has 0 bridgehead atoms. The zero-order chi connectivity index (χ0) is 13.2. The van der Waals surface area contributed by atoms with E-state index in [4.69, 9.17) is 15.9 Å². The molecule has 1 aromatic rings. The number of nitrogens with two attached hydrogens (primary N) is 1. The van der Waals surface area contributed by atoms with Crippen molar-refractivity contribution in [2.45, 2.75) is 45.4 Å². The molecule has 0 fully saturated rings. The van der Waals surface area contributed by atoms with Gasteiger partial charge < -0.3 is 10.5 Å². The Morgan fingerprint density at radius 3 is 2.72 bits per heavy atom. The predicted octanol–water partition coefficient (Wildman–Crippen LogP) is 2.50. The van der Waals surface area contributed by atoms with Crippen LogP contribution in [-0.4, -0.2) is 22.6 Å². The Morgan fingerprint density at radius 2 is 2.00 bits per heavy atom. The largest absolute Gasteiger partial charge is 0.476 e. The van der Waals surface area contributed by atoms with Gasteiger partial charge in [-0.1, -0.05) is 39.0 Å². The summed E-state index contributed by atoms with van der Waals surface area (Å²) >= 11 is 0. The van der Waals surface area contributed by atoms with Gasteiger partial charge in [0.15, 0.2) is 0 Å². The maximum absolute atomic E-state index is 7.40. The topological polar surface area (TPSA) is 84.9 Å². The van der Waals surface area contributed by atoms with Crippen molar-refractivity contribution in [3.8, 4) is 5.88 Å². The smallest absolute Gasteiger partial charge is 0.244 e. The predicted molar refractivity (Wildman–Crippen MR) is 71.9 cm³/mol. The fourth-order valence-electron chi connectivity index (χ4n) is 1.68. The molecule has 1 aromatic heterocycles. The van der Waals surface area contributed by atoms with Gasteiger partial charge in [-0.3, -0.25) is 5.41 Å². The fourth-order valence-corrected chi connectivity index (χ4v) is 1.68. The van der Waals surface area contributed by atoms with Gasteiger partial charge >= 0.3 is 0 Å². The molecular formula is C13H22N4O. The van der Waals surface area contributed by atoms with Crippen molar-refractivity contribution in [3.63, 3.8) is 0 Å². The molecule has 3 N–H and O–H groups in total. The summed E-state index contributed by atoms with van der Waals surface area (Å²) in [4.78, 5) is 0. The van der Waals surface area contributed by atoms with Crippen LogP contribution in [0.3, 0.4) is 0 Å².